The molecule has 0 saturated heterocycles. The molecule has 3 rings (SSSR count). The van der Waals surface area contributed by atoms with Crippen LogP contribution in [-0.4, -0.2) is 10.9 Å². The van der Waals surface area contributed by atoms with Gasteiger partial charge >= 0.3 is 0 Å². The zero-order valence-corrected chi connectivity index (χ0v) is 15.5. The van der Waals surface area contributed by atoms with Gasteiger partial charge in [0.1, 0.15) is 5.76 Å². The molecule has 24 heavy (non-hydrogen) atoms. The Kier molecular flexibility index (Phi) is 5.16. The Bertz CT molecular complexity index is 803. The molecule has 0 aromatic carbocycles. The smallest absolute Gasteiger partial charge is 0.226 e. The number of rotatable bonds is 6. The van der Waals surface area contributed by atoms with E-state index in [1.54, 1.807) is 11.3 Å². The highest BCUT2D eigenvalue weighted by Crippen LogP contribution is 2.27. The SMILES string of the molecule is Cc1ccc(-c2nc(CC(=O)N[C@@H](c3cccs3)C(C)C)cs2)o1. The Morgan fingerprint density at radius 3 is 2.75 bits per heavy atom. The molecule has 3 heterocycles. The maximum Gasteiger partial charge on any atom is 0.226 e. The average Bonchev–Trinajstić information content (AvgIpc) is 3.25. The number of aromatic nitrogens is 1. The first-order valence-corrected chi connectivity index (χ1v) is 9.63. The van der Waals surface area contributed by atoms with Gasteiger partial charge in [-0.25, -0.2) is 4.98 Å². The van der Waals surface area contributed by atoms with Crippen molar-refractivity contribution in [2.24, 2.45) is 5.92 Å². The molecule has 0 fully saturated rings. The number of carbonyl (C=O) groups excluding carboxylic acids is 1. The van der Waals surface area contributed by atoms with E-state index in [9.17, 15) is 4.79 Å². The van der Waals surface area contributed by atoms with Crippen LogP contribution in [0, 0.1) is 12.8 Å². The zero-order chi connectivity index (χ0) is 17.1. The third kappa shape index (κ3) is 3.94. The monoisotopic (exact) mass is 360 g/mol. The second kappa shape index (κ2) is 7.32. The van der Waals surface area contributed by atoms with Gasteiger partial charge in [0.05, 0.1) is 18.2 Å². The second-order valence-corrected chi connectivity index (χ2v) is 7.87. The number of amides is 1. The maximum absolute atomic E-state index is 12.4. The van der Waals surface area contributed by atoms with E-state index in [0.717, 1.165) is 22.2 Å². The number of furan rings is 1. The van der Waals surface area contributed by atoms with Crippen molar-refractivity contribution in [3.63, 3.8) is 0 Å². The van der Waals surface area contributed by atoms with Crippen LogP contribution >= 0.6 is 22.7 Å². The van der Waals surface area contributed by atoms with Gasteiger partial charge in [0.2, 0.25) is 5.91 Å². The molecular weight excluding hydrogens is 340 g/mol. The summed E-state index contributed by atoms with van der Waals surface area (Å²) < 4.78 is 5.58. The van der Waals surface area contributed by atoms with Crippen molar-refractivity contribution in [2.45, 2.75) is 33.2 Å². The summed E-state index contributed by atoms with van der Waals surface area (Å²) in [5, 5.41) is 7.90. The lowest BCUT2D eigenvalue weighted by Gasteiger charge is -2.21. The molecule has 3 aromatic heterocycles. The summed E-state index contributed by atoms with van der Waals surface area (Å²) in [5.41, 5.74) is 0.773. The topological polar surface area (TPSA) is 55.1 Å². The van der Waals surface area contributed by atoms with Gasteiger partial charge in [-0.15, -0.1) is 22.7 Å². The van der Waals surface area contributed by atoms with Crippen LogP contribution < -0.4 is 5.32 Å². The van der Waals surface area contributed by atoms with Crippen LogP contribution in [0.4, 0.5) is 0 Å². The fourth-order valence-corrected chi connectivity index (χ4v) is 4.20. The van der Waals surface area contributed by atoms with E-state index >= 15 is 0 Å². The van der Waals surface area contributed by atoms with Gasteiger partial charge in [0.25, 0.3) is 0 Å². The summed E-state index contributed by atoms with van der Waals surface area (Å²) in [4.78, 5) is 18.1. The fourth-order valence-electron chi connectivity index (χ4n) is 2.47. The molecule has 126 valence electrons. The van der Waals surface area contributed by atoms with Gasteiger partial charge in [-0.05, 0) is 36.4 Å². The quantitative estimate of drug-likeness (QED) is 0.685. The first-order chi connectivity index (χ1) is 11.5. The summed E-state index contributed by atoms with van der Waals surface area (Å²) >= 11 is 3.17. The van der Waals surface area contributed by atoms with E-state index in [4.69, 9.17) is 4.42 Å². The van der Waals surface area contributed by atoms with Crippen LogP contribution in [0.1, 0.15) is 36.2 Å². The zero-order valence-electron chi connectivity index (χ0n) is 13.9. The molecule has 1 atom stereocenters. The number of hydrogen-bond donors (Lipinski definition) is 1. The molecule has 0 aliphatic heterocycles. The summed E-state index contributed by atoms with van der Waals surface area (Å²) in [6.45, 7) is 6.14. The van der Waals surface area contributed by atoms with Crippen LogP contribution in [0.15, 0.2) is 39.4 Å². The summed E-state index contributed by atoms with van der Waals surface area (Å²) in [6, 6.07) is 7.94. The lowest BCUT2D eigenvalue weighted by molar-refractivity contribution is -0.121. The minimum absolute atomic E-state index is 0.00502. The van der Waals surface area contributed by atoms with E-state index in [1.807, 2.05) is 35.9 Å². The molecule has 6 heteroatoms. The predicted octanol–water partition coefficient (Wildman–Crippen LogP) is 4.83. The lowest BCUT2D eigenvalue weighted by Crippen LogP contribution is -2.32. The Morgan fingerprint density at radius 1 is 1.29 bits per heavy atom. The summed E-state index contributed by atoms with van der Waals surface area (Å²) in [5.74, 6) is 1.94. The highest BCUT2D eigenvalue weighted by atomic mass is 32.1. The molecule has 0 saturated carbocycles. The van der Waals surface area contributed by atoms with E-state index in [-0.39, 0.29) is 18.4 Å². The minimum Gasteiger partial charge on any atom is -0.459 e. The number of thiophene rings is 1. The molecule has 3 aromatic rings. The molecular formula is C18H20N2O2S2. The Balaban J connectivity index is 1.65. The predicted molar refractivity (Wildman–Crippen MR) is 98.3 cm³/mol. The molecule has 0 radical (unpaired) electrons. The number of nitrogens with one attached hydrogen (secondary N) is 1. The van der Waals surface area contributed by atoms with Crippen LogP contribution in [0.25, 0.3) is 10.8 Å². The largest absolute Gasteiger partial charge is 0.459 e. The van der Waals surface area contributed by atoms with Crippen LogP contribution in [0.3, 0.4) is 0 Å². The maximum atomic E-state index is 12.4. The Hall–Kier alpha value is -1.92. The van der Waals surface area contributed by atoms with Crippen molar-refractivity contribution in [3.05, 3.63) is 51.4 Å². The average molecular weight is 361 g/mol. The number of hydrogen-bond acceptors (Lipinski definition) is 5. The Labute approximate surface area is 149 Å². The molecule has 1 amide bonds. The van der Waals surface area contributed by atoms with Gasteiger partial charge in [-0.2, -0.15) is 0 Å². The highest BCUT2D eigenvalue weighted by Gasteiger charge is 2.20. The molecule has 0 bridgehead atoms. The molecule has 0 aliphatic carbocycles. The molecule has 4 nitrogen and oxygen atoms in total. The van der Waals surface area contributed by atoms with Gasteiger partial charge in [0.15, 0.2) is 10.8 Å². The Morgan fingerprint density at radius 2 is 2.12 bits per heavy atom. The molecule has 0 aliphatic rings. The third-order valence-corrected chi connectivity index (χ3v) is 5.54. The minimum atomic E-state index is -0.00502. The standard InChI is InChI=1S/C18H20N2O2S2/c1-11(2)17(15-5-4-8-23-15)20-16(21)9-13-10-24-18(19-13)14-7-6-12(3)22-14/h4-8,10-11,17H,9H2,1-3H3,(H,20,21)/t17-/m1/s1. The van der Waals surface area contributed by atoms with Crippen molar-refractivity contribution >= 4 is 28.6 Å². The van der Waals surface area contributed by atoms with E-state index in [0.29, 0.717) is 5.92 Å². The summed E-state index contributed by atoms with van der Waals surface area (Å²) in [7, 11) is 0. The molecule has 0 unspecified atom stereocenters. The van der Waals surface area contributed by atoms with Crippen molar-refractivity contribution in [1.29, 1.82) is 0 Å². The number of thiazole rings is 1. The van der Waals surface area contributed by atoms with Crippen LogP contribution in [0.5, 0.6) is 0 Å². The molecule has 1 N–H and O–H groups in total. The first kappa shape index (κ1) is 16.9. The van der Waals surface area contributed by atoms with Gasteiger partial charge < -0.3 is 9.73 Å². The fraction of sp³-hybridized carbons (Fsp3) is 0.333. The van der Waals surface area contributed by atoms with Crippen molar-refractivity contribution in [1.82, 2.24) is 10.3 Å². The van der Waals surface area contributed by atoms with E-state index in [1.165, 1.54) is 16.2 Å². The van der Waals surface area contributed by atoms with Crippen molar-refractivity contribution < 1.29 is 9.21 Å². The number of aryl methyl sites for hydroxylation is 1. The second-order valence-electron chi connectivity index (χ2n) is 6.04. The number of nitrogens with zero attached hydrogens (tertiary/aromatic N) is 1. The van der Waals surface area contributed by atoms with Gasteiger partial charge in [0, 0.05) is 10.3 Å². The summed E-state index contributed by atoms with van der Waals surface area (Å²) in [6.07, 6.45) is 0.283. The van der Waals surface area contributed by atoms with Gasteiger partial charge in [-0.1, -0.05) is 19.9 Å². The number of carbonyl (C=O) groups is 1. The van der Waals surface area contributed by atoms with E-state index < -0.39 is 0 Å². The third-order valence-electron chi connectivity index (χ3n) is 3.68. The highest BCUT2D eigenvalue weighted by molar-refractivity contribution is 7.13. The molecule has 0 spiro atoms. The first-order valence-electron chi connectivity index (χ1n) is 7.87. The normalized spacial score (nSPS) is 12.5. The van der Waals surface area contributed by atoms with Crippen LogP contribution in [0.2, 0.25) is 0 Å². The van der Waals surface area contributed by atoms with Crippen molar-refractivity contribution in [3.8, 4) is 10.8 Å². The van der Waals surface area contributed by atoms with E-state index in [2.05, 4.69) is 30.2 Å². The van der Waals surface area contributed by atoms with Crippen LogP contribution in [-0.2, 0) is 11.2 Å². The van der Waals surface area contributed by atoms with Gasteiger partial charge in [-0.3, -0.25) is 4.79 Å². The van der Waals surface area contributed by atoms with Crippen molar-refractivity contribution in [2.75, 3.05) is 0 Å². The lowest BCUT2D eigenvalue weighted by atomic mass is 10.0.